The zero-order chi connectivity index (χ0) is 9.26. The van der Waals surface area contributed by atoms with E-state index in [1.54, 1.807) is 10.9 Å². The van der Waals surface area contributed by atoms with Crippen LogP contribution in [-0.2, 0) is 21.9 Å². The smallest absolute Gasteiger partial charge is 1.00 e. The molecule has 1 aromatic rings. The first kappa shape index (κ1) is 16.1. The average molecular weight is 353 g/mol. The van der Waals surface area contributed by atoms with E-state index in [1.807, 2.05) is 0 Å². The van der Waals surface area contributed by atoms with Gasteiger partial charge in [-0.05, 0) is 0 Å². The molecule has 0 nitrogen and oxygen atoms in total. The third-order valence-corrected chi connectivity index (χ3v) is 12.5. The van der Waals surface area contributed by atoms with Gasteiger partial charge in [-0.25, -0.2) is 0 Å². The second-order valence-corrected chi connectivity index (χ2v) is 17.8. The maximum Gasteiger partial charge on any atom is -1.00 e. The Balaban J connectivity index is 0.000000980. The van der Waals surface area contributed by atoms with Gasteiger partial charge in [-0.3, -0.25) is 0 Å². The Bertz CT molecular complexity index is 389. The monoisotopic (exact) mass is 351 g/mol. The molecule has 0 saturated carbocycles. The maximum absolute atomic E-state index is 2.54. The molecular formula is C10H12Cl2PSiZr. The molecule has 1 unspecified atom stereocenters. The second kappa shape index (κ2) is 7.41. The largest absolute Gasteiger partial charge is 1.00 e. The van der Waals surface area contributed by atoms with Gasteiger partial charge in [0.15, 0.2) is 0 Å². The van der Waals surface area contributed by atoms with Crippen LogP contribution in [-0.4, -0.2) is 11.2 Å². The van der Waals surface area contributed by atoms with E-state index in [1.165, 1.54) is 8.20 Å². The van der Waals surface area contributed by atoms with Crippen LogP contribution in [0.4, 0.5) is 0 Å². The van der Waals surface area contributed by atoms with Gasteiger partial charge >= 0.3 is 93.1 Å². The van der Waals surface area contributed by atoms with Crippen molar-refractivity contribution in [3.8, 4) is 0 Å². The third kappa shape index (κ3) is 4.10. The predicted molar refractivity (Wildman–Crippen MR) is 59.3 cm³/mol. The van der Waals surface area contributed by atoms with Crippen LogP contribution in [0.5, 0.6) is 0 Å². The standard InChI is InChI=1S/C8H6P.C2H6Si.2ClH.Zr/c1-2-4-8-7(3-1)5-6-9-8;1-3-2;;;/h1-6H;1-2H3;2*1H;/q;;;;+2/p-2. The number of fused-ring (bicyclic) bond motifs is 1. The van der Waals surface area contributed by atoms with Gasteiger partial charge in [0, 0.05) is 0 Å². The molecule has 0 bridgehead atoms. The summed E-state index contributed by atoms with van der Waals surface area (Å²) in [7, 11) is 1.47. The fourth-order valence-corrected chi connectivity index (χ4v) is 12.5. The number of rotatable bonds is 1. The molecule has 1 aliphatic heterocycles. The molecule has 2 rings (SSSR count). The topological polar surface area (TPSA) is 0 Å². The number of hydrogen-bond acceptors (Lipinski definition) is 0. The Labute approximate surface area is 117 Å². The first-order chi connectivity index (χ1) is 6.27. The van der Waals surface area contributed by atoms with Gasteiger partial charge in [-0.15, -0.1) is 0 Å². The fourth-order valence-electron chi connectivity index (χ4n) is 1.53. The Morgan fingerprint density at radius 1 is 1.20 bits per heavy atom. The minimum atomic E-state index is -0.126. The molecule has 0 fully saturated rings. The molecule has 79 valence electrons. The van der Waals surface area contributed by atoms with Crippen molar-refractivity contribution in [1.29, 1.82) is 0 Å². The number of halogens is 2. The maximum atomic E-state index is 2.54. The van der Waals surface area contributed by atoms with E-state index in [4.69, 9.17) is 0 Å². The Morgan fingerprint density at radius 2 is 1.87 bits per heavy atom. The zero-order valence-electron chi connectivity index (χ0n) is 8.67. The van der Waals surface area contributed by atoms with Crippen LogP contribution < -0.4 is 30.1 Å². The molecule has 1 aliphatic rings. The Kier molecular flexibility index (Phi) is 7.93. The molecule has 5 heteroatoms. The van der Waals surface area contributed by atoms with E-state index in [-0.39, 0.29) is 52.1 Å². The minimum absolute atomic E-state index is 0. The summed E-state index contributed by atoms with van der Waals surface area (Å²) in [5.74, 6) is 2.54. The average Bonchev–Trinajstić information content (AvgIpc) is 2.48. The minimum Gasteiger partial charge on any atom is -1.00 e. The Hall–Kier alpha value is 1.07. The van der Waals surface area contributed by atoms with Crippen molar-refractivity contribution in [3.05, 3.63) is 29.8 Å². The molecule has 1 atom stereocenters. The Morgan fingerprint density at radius 3 is 2.53 bits per heavy atom. The van der Waals surface area contributed by atoms with E-state index < -0.39 is 0 Å². The summed E-state index contributed by atoms with van der Waals surface area (Å²) in [5.41, 5.74) is 1.73. The van der Waals surface area contributed by atoms with E-state index in [0.29, 0.717) is 0 Å². The summed E-state index contributed by atoms with van der Waals surface area (Å²) in [4.78, 5) is 0. The van der Waals surface area contributed by atoms with Gasteiger partial charge in [0.05, 0.1) is 0 Å². The van der Waals surface area contributed by atoms with Gasteiger partial charge in [-0.2, -0.15) is 0 Å². The first-order valence-corrected chi connectivity index (χ1v) is 13.0. The van der Waals surface area contributed by atoms with Crippen molar-refractivity contribution < 1.29 is 46.7 Å². The van der Waals surface area contributed by atoms with Gasteiger partial charge < -0.3 is 24.8 Å². The van der Waals surface area contributed by atoms with Crippen molar-refractivity contribution in [2.45, 2.75) is 16.7 Å². The van der Waals surface area contributed by atoms with Crippen LogP contribution in [0.1, 0.15) is 9.19 Å². The van der Waals surface area contributed by atoms with Crippen LogP contribution in [0.2, 0.25) is 13.1 Å². The van der Waals surface area contributed by atoms with Gasteiger partial charge in [-0.1, -0.05) is 0 Å². The molecule has 0 N–H and O–H groups in total. The number of benzene rings is 1. The SMILES string of the molecule is C[Si](C)=[Zr+2][CH]1C=Pc2ccccc21.[Cl-].[Cl-]. The van der Waals surface area contributed by atoms with Crippen LogP contribution in [0.15, 0.2) is 24.3 Å². The molecular weight excluding hydrogens is 341 g/mol. The molecule has 15 heavy (non-hydrogen) atoms. The molecule has 0 saturated heterocycles. The third-order valence-electron chi connectivity index (χ3n) is 2.08. The summed E-state index contributed by atoms with van der Waals surface area (Å²) in [6, 6.07) is 8.97. The van der Waals surface area contributed by atoms with E-state index in [2.05, 4.69) is 43.2 Å². The summed E-state index contributed by atoms with van der Waals surface area (Å²) < 4.78 is 0.922. The summed E-state index contributed by atoms with van der Waals surface area (Å²) in [6.07, 6.45) is 0. The fraction of sp³-hybridized carbons (Fsp3) is 0.300. The zero-order valence-corrected chi connectivity index (χ0v) is 14.5. The number of hydrogen-bond donors (Lipinski definition) is 0. The molecule has 0 radical (unpaired) electrons. The van der Waals surface area contributed by atoms with E-state index in [9.17, 15) is 0 Å². The predicted octanol–water partition coefficient (Wildman–Crippen LogP) is -3.54. The molecule has 1 heterocycles. The van der Waals surface area contributed by atoms with Crippen LogP contribution in [0, 0.1) is 0 Å². The molecule has 0 aliphatic carbocycles. The van der Waals surface area contributed by atoms with Gasteiger partial charge in [0.1, 0.15) is 0 Å². The van der Waals surface area contributed by atoms with Crippen LogP contribution >= 0.6 is 8.20 Å². The summed E-state index contributed by atoms with van der Waals surface area (Å²) in [5, 5.41) is 1.57. The van der Waals surface area contributed by atoms with E-state index in [0.717, 1.165) is 3.63 Å². The van der Waals surface area contributed by atoms with Crippen molar-refractivity contribution >= 4 is 24.7 Å². The normalized spacial score (nSPS) is 16.8. The quantitative estimate of drug-likeness (QED) is 0.363. The van der Waals surface area contributed by atoms with Crippen LogP contribution in [0.25, 0.3) is 0 Å². The molecule has 1 aromatic carbocycles. The molecule has 0 amide bonds. The van der Waals surface area contributed by atoms with Crippen LogP contribution in [0.3, 0.4) is 0 Å². The van der Waals surface area contributed by atoms with E-state index >= 15 is 0 Å². The van der Waals surface area contributed by atoms with Gasteiger partial charge in [0.2, 0.25) is 0 Å². The second-order valence-electron chi connectivity index (χ2n) is 3.46. The van der Waals surface area contributed by atoms with Crippen molar-refractivity contribution in [3.63, 3.8) is 0 Å². The molecule has 0 spiro atoms. The summed E-state index contributed by atoms with van der Waals surface area (Å²) >= 11 is -0.126. The van der Waals surface area contributed by atoms with Crippen molar-refractivity contribution in [1.82, 2.24) is 0 Å². The van der Waals surface area contributed by atoms with Crippen molar-refractivity contribution in [2.24, 2.45) is 0 Å². The van der Waals surface area contributed by atoms with Crippen molar-refractivity contribution in [2.75, 3.05) is 0 Å². The van der Waals surface area contributed by atoms with Gasteiger partial charge in [0.25, 0.3) is 0 Å². The summed E-state index contributed by atoms with van der Waals surface area (Å²) in [6.45, 7) is 4.95. The first-order valence-electron chi connectivity index (χ1n) is 4.47. The molecule has 0 aromatic heterocycles.